The molecule has 0 saturated carbocycles. The molecule has 0 amide bonds. The van der Waals surface area contributed by atoms with Gasteiger partial charge in [0.05, 0.1) is 18.8 Å². The van der Waals surface area contributed by atoms with Gasteiger partial charge in [0.15, 0.2) is 0 Å². The van der Waals surface area contributed by atoms with E-state index >= 15 is 0 Å². The molecule has 1 aliphatic heterocycles. The summed E-state index contributed by atoms with van der Waals surface area (Å²) in [5.41, 5.74) is 2.81. The first-order chi connectivity index (χ1) is 12.1. The minimum atomic E-state index is -0.581. The Bertz CT molecular complexity index is 669. The summed E-state index contributed by atoms with van der Waals surface area (Å²) < 4.78 is 19.2. The second-order valence-corrected chi connectivity index (χ2v) is 6.81. The van der Waals surface area contributed by atoms with E-state index in [0.29, 0.717) is 13.2 Å². The highest BCUT2D eigenvalue weighted by molar-refractivity contribution is 5.28. The Morgan fingerprint density at radius 1 is 1.16 bits per heavy atom. The van der Waals surface area contributed by atoms with Crippen molar-refractivity contribution < 1.29 is 14.2 Å². The third-order valence-electron chi connectivity index (χ3n) is 4.89. The minimum absolute atomic E-state index is 0.259. The number of aryl methyl sites for hydroxylation is 1. The van der Waals surface area contributed by atoms with Gasteiger partial charge >= 0.3 is 0 Å². The molecule has 2 aromatic rings. The lowest BCUT2D eigenvalue weighted by molar-refractivity contribution is -0.0109. The Morgan fingerprint density at radius 3 is 2.56 bits per heavy atom. The monoisotopic (exact) mass is 343 g/mol. The molecule has 4 heteroatoms. The molecule has 1 unspecified atom stereocenters. The molecule has 1 atom stereocenters. The summed E-state index contributed by atoms with van der Waals surface area (Å²) in [4.78, 5) is 2.26. The number of β-amino-alcohol motifs (C(OH)–C–C–N with tert-alkyl or cyclic N) is 1. The molecule has 1 heterocycles. The number of nitrogens with zero attached hydrogens (tertiary/aromatic N) is 1. The average Bonchev–Trinajstić information content (AvgIpc) is 2.62. The summed E-state index contributed by atoms with van der Waals surface area (Å²) >= 11 is 0. The summed E-state index contributed by atoms with van der Waals surface area (Å²) in [5, 5.41) is 10.5. The van der Waals surface area contributed by atoms with Crippen LogP contribution < -0.4 is 0 Å². The van der Waals surface area contributed by atoms with Gasteiger partial charge in [0.25, 0.3) is 0 Å². The number of ether oxygens (including phenoxy) is 1. The number of hydrogen-bond donors (Lipinski definition) is 1. The summed E-state index contributed by atoms with van der Waals surface area (Å²) in [5.74, 6) is -0.259. The van der Waals surface area contributed by atoms with E-state index in [1.54, 1.807) is 6.07 Å². The molecule has 3 rings (SSSR count). The number of hydrogen-bond acceptors (Lipinski definition) is 3. The molecule has 25 heavy (non-hydrogen) atoms. The van der Waals surface area contributed by atoms with Gasteiger partial charge in [-0.05, 0) is 48.6 Å². The van der Waals surface area contributed by atoms with Crippen molar-refractivity contribution >= 4 is 0 Å². The molecule has 0 aliphatic carbocycles. The average molecular weight is 343 g/mol. The molecule has 134 valence electrons. The predicted octanol–water partition coefficient (Wildman–Crippen LogP) is 3.85. The molecule has 1 saturated heterocycles. The van der Waals surface area contributed by atoms with Gasteiger partial charge in [-0.25, -0.2) is 4.39 Å². The summed E-state index contributed by atoms with van der Waals surface area (Å²) in [6.45, 7) is 4.90. The van der Waals surface area contributed by atoms with Crippen molar-refractivity contribution in [3.8, 4) is 0 Å². The van der Waals surface area contributed by atoms with Crippen LogP contribution in [0.5, 0.6) is 0 Å². The molecular weight excluding hydrogens is 317 g/mol. The Kier molecular flexibility index (Phi) is 6.19. The van der Waals surface area contributed by atoms with Crippen LogP contribution in [-0.2, 0) is 11.3 Å². The van der Waals surface area contributed by atoms with Gasteiger partial charge in [0, 0.05) is 19.6 Å². The van der Waals surface area contributed by atoms with Crippen LogP contribution in [-0.4, -0.2) is 35.7 Å². The van der Waals surface area contributed by atoms with Crippen LogP contribution in [0.3, 0.4) is 0 Å². The number of rotatable bonds is 6. The second kappa shape index (κ2) is 8.56. The topological polar surface area (TPSA) is 32.7 Å². The number of benzene rings is 2. The predicted molar refractivity (Wildman–Crippen MR) is 96.8 cm³/mol. The van der Waals surface area contributed by atoms with Gasteiger partial charge in [0.2, 0.25) is 0 Å². The Balaban J connectivity index is 1.44. The first-order valence-electron chi connectivity index (χ1n) is 8.94. The van der Waals surface area contributed by atoms with Crippen molar-refractivity contribution in [2.45, 2.75) is 38.6 Å². The van der Waals surface area contributed by atoms with Crippen molar-refractivity contribution in [1.29, 1.82) is 0 Å². The van der Waals surface area contributed by atoms with E-state index in [2.05, 4.69) is 17.0 Å². The summed E-state index contributed by atoms with van der Waals surface area (Å²) in [7, 11) is 0. The number of halogens is 1. The van der Waals surface area contributed by atoms with Crippen molar-refractivity contribution in [2.24, 2.45) is 0 Å². The number of aliphatic hydroxyl groups excluding tert-OH is 1. The molecule has 1 aliphatic rings. The first kappa shape index (κ1) is 18.1. The number of aliphatic hydroxyl groups is 1. The SMILES string of the molecule is Cc1cc(F)ccc1C(O)CN1CCC(OCc2ccccc2)CC1. The molecule has 3 nitrogen and oxygen atoms in total. The highest BCUT2D eigenvalue weighted by atomic mass is 19.1. The van der Waals surface area contributed by atoms with Crippen LogP contribution >= 0.6 is 0 Å². The fourth-order valence-electron chi connectivity index (χ4n) is 3.40. The molecule has 0 spiro atoms. The molecule has 1 N–H and O–H groups in total. The maximum atomic E-state index is 13.2. The van der Waals surface area contributed by atoms with Gasteiger partial charge in [-0.2, -0.15) is 0 Å². The molecule has 0 bridgehead atoms. The largest absolute Gasteiger partial charge is 0.387 e. The van der Waals surface area contributed by atoms with Crippen LogP contribution in [0.15, 0.2) is 48.5 Å². The smallest absolute Gasteiger partial charge is 0.123 e. The standard InChI is InChI=1S/C21H26FNO2/c1-16-13-18(22)7-8-20(16)21(24)14-23-11-9-19(10-12-23)25-15-17-5-3-2-4-6-17/h2-8,13,19,21,24H,9-12,14-15H2,1H3. The third kappa shape index (κ3) is 5.11. The van der Waals surface area contributed by atoms with Crippen molar-refractivity contribution in [3.63, 3.8) is 0 Å². The highest BCUT2D eigenvalue weighted by Crippen LogP contribution is 2.22. The maximum absolute atomic E-state index is 13.2. The zero-order valence-electron chi connectivity index (χ0n) is 14.7. The molecule has 0 radical (unpaired) electrons. The fraction of sp³-hybridized carbons (Fsp3) is 0.429. The molecule has 1 fully saturated rings. The van der Waals surface area contributed by atoms with Crippen LogP contribution in [0.4, 0.5) is 4.39 Å². The second-order valence-electron chi connectivity index (χ2n) is 6.81. The first-order valence-corrected chi connectivity index (χ1v) is 8.94. The quantitative estimate of drug-likeness (QED) is 0.865. The molecule has 0 aromatic heterocycles. The lowest BCUT2D eigenvalue weighted by atomic mass is 10.0. The van der Waals surface area contributed by atoms with Crippen molar-refractivity contribution in [2.75, 3.05) is 19.6 Å². The van der Waals surface area contributed by atoms with Gasteiger partial charge in [-0.3, -0.25) is 0 Å². The van der Waals surface area contributed by atoms with Crippen molar-refractivity contribution in [3.05, 3.63) is 71.0 Å². The fourth-order valence-corrected chi connectivity index (χ4v) is 3.40. The summed E-state index contributed by atoms with van der Waals surface area (Å²) in [6, 6.07) is 14.8. The minimum Gasteiger partial charge on any atom is -0.387 e. The Hall–Kier alpha value is -1.75. The van der Waals surface area contributed by atoms with Crippen LogP contribution in [0, 0.1) is 12.7 Å². The van der Waals surface area contributed by atoms with E-state index in [9.17, 15) is 9.50 Å². The highest BCUT2D eigenvalue weighted by Gasteiger charge is 2.22. The van der Waals surface area contributed by atoms with E-state index in [1.807, 2.05) is 25.1 Å². The van der Waals surface area contributed by atoms with E-state index in [0.717, 1.165) is 37.1 Å². The van der Waals surface area contributed by atoms with Gasteiger partial charge in [0.1, 0.15) is 5.82 Å². The lowest BCUT2D eigenvalue weighted by Gasteiger charge is -2.33. The number of piperidine rings is 1. The van der Waals surface area contributed by atoms with Crippen LogP contribution in [0.2, 0.25) is 0 Å². The van der Waals surface area contributed by atoms with Crippen LogP contribution in [0.1, 0.15) is 35.6 Å². The summed E-state index contributed by atoms with van der Waals surface area (Å²) in [6.07, 6.45) is 1.65. The maximum Gasteiger partial charge on any atom is 0.123 e. The Morgan fingerprint density at radius 2 is 1.88 bits per heavy atom. The normalized spacial score (nSPS) is 17.6. The zero-order chi connectivity index (χ0) is 17.6. The molecule has 2 aromatic carbocycles. The van der Waals surface area contributed by atoms with E-state index in [1.165, 1.54) is 17.7 Å². The Labute approximate surface area is 149 Å². The lowest BCUT2D eigenvalue weighted by Crippen LogP contribution is -2.39. The van der Waals surface area contributed by atoms with E-state index in [-0.39, 0.29) is 11.9 Å². The number of likely N-dealkylation sites (tertiary alicyclic amines) is 1. The van der Waals surface area contributed by atoms with Crippen molar-refractivity contribution in [1.82, 2.24) is 4.90 Å². The third-order valence-corrected chi connectivity index (χ3v) is 4.89. The van der Waals surface area contributed by atoms with Crippen LogP contribution in [0.25, 0.3) is 0 Å². The van der Waals surface area contributed by atoms with E-state index < -0.39 is 6.10 Å². The zero-order valence-corrected chi connectivity index (χ0v) is 14.7. The van der Waals surface area contributed by atoms with Gasteiger partial charge in [-0.1, -0.05) is 36.4 Å². The van der Waals surface area contributed by atoms with E-state index in [4.69, 9.17) is 4.74 Å². The van der Waals surface area contributed by atoms with Gasteiger partial charge < -0.3 is 14.7 Å². The molecular formula is C21H26FNO2. The van der Waals surface area contributed by atoms with Gasteiger partial charge in [-0.15, -0.1) is 0 Å².